The van der Waals surface area contributed by atoms with Gasteiger partial charge >= 0.3 is 0 Å². The lowest BCUT2D eigenvalue weighted by Gasteiger charge is -2.22. The predicted molar refractivity (Wildman–Crippen MR) is 122 cm³/mol. The van der Waals surface area contributed by atoms with Crippen molar-refractivity contribution in [2.75, 3.05) is 16.8 Å². The fraction of sp³-hybridized carbons (Fsp3) is 0.348. The summed E-state index contributed by atoms with van der Waals surface area (Å²) in [5.74, 6) is -0.991. The van der Waals surface area contributed by atoms with E-state index in [1.165, 1.54) is 16.7 Å². The van der Waals surface area contributed by atoms with Crippen LogP contribution in [0, 0.1) is 43.3 Å². The molecule has 11 heteroatoms. The lowest BCUT2D eigenvalue weighted by molar-refractivity contribution is -0.118. The zero-order valence-electron chi connectivity index (χ0n) is 18.8. The summed E-state index contributed by atoms with van der Waals surface area (Å²) in [6, 6.07) is 5.38. The van der Waals surface area contributed by atoms with Crippen LogP contribution in [0.15, 0.2) is 18.2 Å². The maximum atomic E-state index is 13.6. The first kappa shape index (κ1) is 25.0. The summed E-state index contributed by atoms with van der Waals surface area (Å²) in [5, 5.41) is 24.9. The van der Waals surface area contributed by atoms with Crippen molar-refractivity contribution in [1.29, 1.82) is 5.26 Å². The van der Waals surface area contributed by atoms with E-state index < -0.39 is 44.9 Å². The zero-order valence-corrected chi connectivity index (χ0v) is 19.6. The number of sulfone groups is 1. The van der Waals surface area contributed by atoms with Crippen molar-refractivity contribution in [3.8, 4) is 18.4 Å². The lowest BCUT2D eigenvalue weighted by Crippen LogP contribution is -2.50. The first-order valence-corrected chi connectivity index (χ1v) is 12.0. The number of nitrogens with one attached hydrogen (secondary N) is 2. The number of hydrogen-bond acceptors (Lipinski definition) is 7. The molecule has 3 rings (SSSR count). The Hall–Kier alpha value is -3.67. The van der Waals surface area contributed by atoms with Gasteiger partial charge < -0.3 is 20.3 Å². The highest BCUT2D eigenvalue weighted by molar-refractivity contribution is 7.91. The van der Waals surface area contributed by atoms with Gasteiger partial charge in [0, 0.05) is 18.4 Å². The van der Waals surface area contributed by atoms with E-state index >= 15 is 0 Å². The second kappa shape index (κ2) is 8.93. The number of benzene rings is 1. The Morgan fingerprint density at radius 2 is 2.03 bits per heavy atom. The number of Topliss-reactive ketones (excluding diaryl/α,β-unsaturated/α-hetero) is 1. The fourth-order valence-electron chi connectivity index (χ4n) is 4.14. The number of rotatable bonds is 6. The Morgan fingerprint density at radius 3 is 2.59 bits per heavy atom. The number of halogens is 1. The molecule has 2 atom stereocenters. The van der Waals surface area contributed by atoms with E-state index in [0.29, 0.717) is 11.3 Å². The smallest absolute Gasteiger partial charge is 0.293 e. The van der Waals surface area contributed by atoms with Crippen molar-refractivity contribution in [3.63, 3.8) is 0 Å². The first-order chi connectivity index (χ1) is 15.8. The van der Waals surface area contributed by atoms with Crippen molar-refractivity contribution in [1.82, 2.24) is 9.88 Å². The number of terminal acetylenes is 1. The molecule has 9 nitrogen and oxygen atoms in total. The molecule has 1 aromatic carbocycles. The molecule has 1 amide bonds. The summed E-state index contributed by atoms with van der Waals surface area (Å²) in [6.45, 7) is 3.14. The van der Waals surface area contributed by atoms with Crippen LogP contribution in [0.1, 0.15) is 45.5 Å². The van der Waals surface area contributed by atoms with Crippen LogP contribution in [0.2, 0.25) is 0 Å². The van der Waals surface area contributed by atoms with Gasteiger partial charge in [0.15, 0.2) is 16.1 Å². The fourth-order valence-corrected chi connectivity index (χ4v) is 5.99. The van der Waals surface area contributed by atoms with Crippen LogP contribution in [-0.2, 0) is 21.7 Å². The zero-order chi connectivity index (χ0) is 25.4. The molecular weight excluding hydrogens is 463 g/mol. The van der Waals surface area contributed by atoms with Gasteiger partial charge in [-0.05, 0) is 44.0 Å². The third-order valence-corrected chi connectivity index (χ3v) is 7.76. The quantitative estimate of drug-likeness (QED) is 0.241. The Balaban J connectivity index is 1.88. The second-order valence-corrected chi connectivity index (χ2v) is 10.4. The van der Waals surface area contributed by atoms with E-state index in [2.05, 4.69) is 16.6 Å². The Bertz CT molecular complexity index is 1380. The number of aliphatic hydroxyl groups is 1. The van der Waals surface area contributed by atoms with Crippen molar-refractivity contribution in [2.45, 2.75) is 32.0 Å². The number of anilines is 1. The van der Waals surface area contributed by atoms with Crippen LogP contribution in [0.25, 0.3) is 0 Å². The van der Waals surface area contributed by atoms with E-state index in [1.807, 2.05) is 0 Å². The van der Waals surface area contributed by atoms with Gasteiger partial charge in [0.2, 0.25) is 0 Å². The first-order valence-electron chi connectivity index (χ1n) is 10.2. The van der Waals surface area contributed by atoms with Crippen LogP contribution in [0.5, 0.6) is 0 Å². The van der Waals surface area contributed by atoms with Gasteiger partial charge in [-0.3, -0.25) is 9.59 Å². The molecule has 0 bridgehead atoms. The predicted octanol–water partition coefficient (Wildman–Crippen LogP) is 1.25. The summed E-state index contributed by atoms with van der Waals surface area (Å²) in [5.41, 5.74) is -0.371. The summed E-state index contributed by atoms with van der Waals surface area (Å²) < 4.78 is 38.8. The van der Waals surface area contributed by atoms with Gasteiger partial charge in [-0.1, -0.05) is 5.92 Å². The molecule has 1 fully saturated rings. The molecule has 1 aliphatic heterocycles. The van der Waals surface area contributed by atoms with Crippen LogP contribution < -0.4 is 10.6 Å². The molecule has 2 unspecified atom stereocenters. The molecule has 0 spiro atoms. The number of aliphatic hydroxyl groups excluding tert-OH is 1. The molecule has 0 radical (unpaired) electrons. The van der Waals surface area contributed by atoms with Crippen LogP contribution in [0.4, 0.5) is 10.1 Å². The Morgan fingerprint density at radius 1 is 1.35 bits per heavy atom. The summed E-state index contributed by atoms with van der Waals surface area (Å²) >= 11 is 0. The van der Waals surface area contributed by atoms with E-state index in [9.17, 15) is 27.5 Å². The van der Waals surface area contributed by atoms with Gasteiger partial charge in [-0.2, -0.15) is 5.26 Å². The van der Waals surface area contributed by atoms with E-state index in [-0.39, 0.29) is 34.7 Å². The van der Waals surface area contributed by atoms with Crippen LogP contribution in [0.3, 0.4) is 0 Å². The molecule has 0 saturated carbocycles. The van der Waals surface area contributed by atoms with Crippen molar-refractivity contribution in [2.24, 2.45) is 7.05 Å². The number of aromatic nitrogens is 1. The highest BCUT2D eigenvalue weighted by Crippen LogP contribution is 2.29. The molecular formula is C23H23FN4O5S. The average Bonchev–Trinajstić information content (AvgIpc) is 3.20. The number of carbonyl (C=O) groups is 2. The van der Waals surface area contributed by atoms with Gasteiger partial charge in [-0.15, -0.1) is 6.42 Å². The highest BCUT2D eigenvalue weighted by Gasteiger charge is 2.43. The molecule has 0 aliphatic carbocycles. The Kier molecular flexibility index (Phi) is 6.56. The van der Waals surface area contributed by atoms with Gasteiger partial charge in [0.1, 0.15) is 17.4 Å². The van der Waals surface area contributed by atoms with Gasteiger partial charge in [0.05, 0.1) is 28.3 Å². The molecule has 178 valence electrons. The average molecular weight is 487 g/mol. The molecule has 1 saturated heterocycles. The molecule has 1 aliphatic rings. The molecule has 34 heavy (non-hydrogen) atoms. The van der Waals surface area contributed by atoms with E-state index in [1.54, 1.807) is 27.0 Å². The van der Waals surface area contributed by atoms with Crippen LogP contribution in [-0.4, -0.2) is 46.8 Å². The summed E-state index contributed by atoms with van der Waals surface area (Å²) in [6.07, 6.45) is 4.13. The molecule has 1 aromatic heterocycles. The monoisotopic (exact) mass is 486 g/mol. The lowest BCUT2D eigenvalue weighted by atomic mass is 9.98. The number of hydrogen-bond donors (Lipinski definition) is 3. The normalized spacial score (nSPS) is 19.6. The topological polar surface area (TPSA) is 141 Å². The van der Waals surface area contributed by atoms with E-state index in [0.717, 1.165) is 6.07 Å². The number of nitrogens with zero attached hydrogens (tertiary/aromatic N) is 2. The van der Waals surface area contributed by atoms with Crippen LogP contribution >= 0.6 is 0 Å². The molecule has 2 heterocycles. The van der Waals surface area contributed by atoms with E-state index in [4.69, 9.17) is 11.7 Å². The van der Waals surface area contributed by atoms with Crippen molar-refractivity contribution < 1.29 is 27.5 Å². The van der Waals surface area contributed by atoms with Gasteiger partial charge in [-0.25, -0.2) is 12.8 Å². The summed E-state index contributed by atoms with van der Waals surface area (Å²) in [4.78, 5) is 25.8. The maximum absolute atomic E-state index is 13.6. The number of ketones is 1. The number of amides is 1. The number of nitriles is 1. The molecule has 2 aromatic rings. The third-order valence-electron chi connectivity index (χ3n) is 6.00. The summed E-state index contributed by atoms with van der Waals surface area (Å²) in [7, 11) is -1.83. The third kappa shape index (κ3) is 4.53. The van der Waals surface area contributed by atoms with Crippen molar-refractivity contribution in [3.05, 3.63) is 52.1 Å². The maximum Gasteiger partial charge on any atom is 0.293 e. The Labute approximate surface area is 196 Å². The minimum absolute atomic E-state index is 0.00778. The van der Waals surface area contributed by atoms with Crippen molar-refractivity contribution >= 4 is 27.2 Å². The number of carbonyl (C=O) groups excluding carboxylic acids is 2. The molecule has 3 N–H and O–H groups in total. The SMILES string of the molecule is C#CC1(NC(=O)C(=O)c2c(C)c(C(O)Nc3ccc(F)c(C#N)c3)n(C)c2C)CCS(=O)(=O)C1. The second-order valence-electron chi connectivity index (χ2n) is 8.23. The standard InChI is InChI=1S/C23H23FN4O5S/c1-5-23(8-9-34(32,33)12-23)27-22(31)20(29)18-13(2)19(28(4)14(18)3)21(30)26-16-6-7-17(24)15(10-16)11-25/h1,6-7,10,21,26,30H,8-9,12H2,2-4H3,(H,27,31). The minimum atomic E-state index is -3.43. The van der Waals surface area contributed by atoms with Gasteiger partial charge in [0.25, 0.3) is 11.7 Å². The minimum Gasteiger partial charge on any atom is -0.368 e. The highest BCUT2D eigenvalue weighted by atomic mass is 32.2. The largest absolute Gasteiger partial charge is 0.368 e.